The van der Waals surface area contributed by atoms with Crippen LogP contribution in [0, 0.1) is 0 Å². The molecule has 0 fully saturated rings. The summed E-state index contributed by atoms with van der Waals surface area (Å²) in [7, 11) is 0. The van der Waals surface area contributed by atoms with E-state index in [2.05, 4.69) is 15.4 Å². The van der Waals surface area contributed by atoms with Crippen molar-refractivity contribution in [1.82, 2.24) is 15.1 Å². The lowest BCUT2D eigenvalue weighted by molar-refractivity contribution is -0.138. The third kappa shape index (κ3) is 7.47. The van der Waals surface area contributed by atoms with Crippen molar-refractivity contribution in [3.63, 3.8) is 0 Å². The van der Waals surface area contributed by atoms with E-state index >= 15 is 0 Å². The van der Waals surface area contributed by atoms with E-state index in [1.54, 1.807) is 24.4 Å². The lowest BCUT2D eigenvalue weighted by atomic mass is 10.0. The van der Waals surface area contributed by atoms with Crippen LogP contribution in [0.2, 0.25) is 0 Å². The molecule has 11 heteroatoms. The maximum Gasteiger partial charge on any atom is 0.416 e. The van der Waals surface area contributed by atoms with E-state index in [0.717, 1.165) is 23.3 Å². The average molecular weight is 537 g/mol. The van der Waals surface area contributed by atoms with Gasteiger partial charge in [0.15, 0.2) is 0 Å². The first-order valence-corrected chi connectivity index (χ1v) is 12.0. The molecule has 6 nitrogen and oxygen atoms in total. The minimum absolute atomic E-state index is 0.0254. The average Bonchev–Trinajstić information content (AvgIpc) is 3.22. The maximum atomic E-state index is 13.6. The Morgan fingerprint density at radius 1 is 1.16 bits per heavy atom. The molecule has 1 amide bonds. The van der Waals surface area contributed by atoms with Crippen LogP contribution in [0.4, 0.5) is 22.0 Å². The number of aliphatic imine (C=N–C) groups is 1. The molecule has 0 aliphatic heterocycles. The lowest BCUT2D eigenvalue weighted by Crippen LogP contribution is -2.30. The number of nitrogens with one attached hydrogen (secondary N) is 1. The Morgan fingerprint density at radius 3 is 2.50 bits per heavy atom. The second-order valence-corrected chi connectivity index (χ2v) is 8.91. The van der Waals surface area contributed by atoms with Crippen molar-refractivity contribution in [2.75, 3.05) is 13.2 Å². The van der Waals surface area contributed by atoms with Gasteiger partial charge in [0.2, 0.25) is 5.91 Å². The molecule has 0 saturated carbocycles. The zero-order valence-corrected chi connectivity index (χ0v) is 21.2. The molecule has 2 aromatic carbocycles. The minimum Gasteiger partial charge on any atom is -0.396 e. The van der Waals surface area contributed by atoms with E-state index in [9.17, 15) is 26.7 Å². The van der Waals surface area contributed by atoms with Crippen molar-refractivity contribution in [2.24, 2.45) is 4.99 Å². The van der Waals surface area contributed by atoms with Gasteiger partial charge in [-0.1, -0.05) is 25.1 Å². The molecule has 3 aromatic rings. The minimum atomic E-state index is -4.80. The summed E-state index contributed by atoms with van der Waals surface area (Å²) in [5.41, 5.74) is 0.0567. The number of carbonyl (C=O) groups excluding carboxylic acids is 1. The van der Waals surface area contributed by atoms with Crippen LogP contribution in [0.25, 0.3) is 17.0 Å². The van der Waals surface area contributed by atoms with Gasteiger partial charge in [-0.2, -0.15) is 18.3 Å². The van der Waals surface area contributed by atoms with E-state index < -0.39 is 23.2 Å². The molecule has 38 heavy (non-hydrogen) atoms. The number of amidine groups is 1. The maximum absolute atomic E-state index is 13.6. The summed E-state index contributed by atoms with van der Waals surface area (Å²) in [5.74, 6) is -3.27. The smallest absolute Gasteiger partial charge is 0.396 e. The van der Waals surface area contributed by atoms with Gasteiger partial charge < -0.3 is 10.4 Å². The molecule has 204 valence electrons. The van der Waals surface area contributed by atoms with Crippen LogP contribution in [0.1, 0.15) is 55.9 Å². The Hall–Kier alpha value is -3.60. The fourth-order valence-electron chi connectivity index (χ4n) is 3.88. The predicted octanol–water partition coefficient (Wildman–Crippen LogP) is 5.93. The molecular formula is C27H29F5N4O2. The second-order valence-electron chi connectivity index (χ2n) is 8.91. The quantitative estimate of drug-likeness (QED) is 0.154. The fourth-order valence-corrected chi connectivity index (χ4v) is 3.88. The van der Waals surface area contributed by atoms with Crippen LogP contribution in [-0.4, -0.2) is 39.8 Å². The van der Waals surface area contributed by atoms with Crippen molar-refractivity contribution >= 4 is 28.7 Å². The monoisotopic (exact) mass is 536 g/mol. The van der Waals surface area contributed by atoms with E-state index in [0.29, 0.717) is 49.1 Å². The molecule has 0 aliphatic rings. The molecule has 0 radical (unpaired) electrons. The Morgan fingerprint density at radius 2 is 1.89 bits per heavy atom. The third-order valence-corrected chi connectivity index (χ3v) is 5.74. The molecule has 2 N–H and O–H groups in total. The standard InChI is InChI=1S/C27H29F5N4O2/c1-4-19(25(34-17(2)38)33-10-5-11-37)12-18-6-9-24-21(13-18)16-36(35-24)15-20-7-8-22(26(3,28)29)14-23(20)27(30,31)32/h6-9,12-14,16,37H,4-5,10-11,15H2,1-3H3,(H,33,34,38)/b19-12+. The molecule has 0 saturated heterocycles. The van der Waals surface area contributed by atoms with Gasteiger partial charge in [-0.25, -0.2) is 8.78 Å². The number of alkyl halides is 5. The summed E-state index contributed by atoms with van der Waals surface area (Å²) >= 11 is 0. The number of aromatic nitrogens is 2. The van der Waals surface area contributed by atoms with Gasteiger partial charge in [-0.15, -0.1) is 0 Å². The number of halogens is 5. The van der Waals surface area contributed by atoms with Crippen LogP contribution in [0.3, 0.4) is 0 Å². The molecule has 0 bridgehead atoms. The SMILES string of the molecule is CC/C(=C\c1ccc2nn(Cc3ccc(C(C)(F)F)cc3C(F)(F)F)cc2c1)C(=NCCCO)NC(C)=O. The molecule has 1 heterocycles. The number of benzene rings is 2. The number of aliphatic hydroxyl groups excluding tert-OH is 1. The van der Waals surface area contributed by atoms with Crippen LogP contribution in [0.15, 0.2) is 53.2 Å². The summed E-state index contributed by atoms with van der Waals surface area (Å²) in [6, 6.07) is 7.85. The highest BCUT2D eigenvalue weighted by molar-refractivity contribution is 6.09. The molecule has 3 rings (SSSR count). The normalized spacial score (nSPS) is 13.3. The number of fused-ring (bicyclic) bond motifs is 1. The van der Waals surface area contributed by atoms with Gasteiger partial charge in [0.25, 0.3) is 5.92 Å². The van der Waals surface area contributed by atoms with Crippen LogP contribution in [-0.2, 0) is 23.4 Å². The fraction of sp³-hybridized carbons (Fsp3) is 0.370. The summed E-state index contributed by atoms with van der Waals surface area (Å²) in [5, 5.41) is 16.7. The highest BCUT2D eigenvalue weighted by Gasteiger charge is 2.36. The Kier molecular flexibility index (Phi) is 9.03. The van der Waals surface area contributed by atoms with Gasteiger partial charge >= 0.3 is 6.18 Å². The Bertz CT molecular complexity index is 1350. The Labute approximate surface area is 216 Å². The zero-order valence-electron chi connectivity index (χ0n) is 21.2. The van der Waals surface area contributed by atoms with Crippen molar-refractivity contribution in [3.05, 3.63) is 70.4 Å². The van der Waals surface area contributed by atoms with Gasteiger partial charge in [0.05, 0.1) is 17.6 Å². The first-order valence-electron chi connectivity index (χ1n) is 12.0. The van der Waals surface area contributed by atoms with Crippen LogP contribution in [0.5, 0.6) is 0 Å². The van der Waals surface area contributed by atoms with Crippen molar-refractivity contribution in [2.45, 2.75) is 52.3 Å². The number of amides is 1. The molecule has 1 aromatic heterocycles. The van der Waals surface area contributed by atoms with Crippen molar-refractivity contribution in [3.8, 4) is 0 Å². The molecule has 0 atom stereocenters. The number of carbonyl (C=O) groups is 1. The van der Waals surface area contributed by atoms with Gasteiger partial charge in [0.1, 0.15) is 5.84 Å². The molecular weight excluding hydrogens is 507 g/mol. The summed E-state index contributed by atoms with van der Waals surface area (Å²) < 4.78 is 69.5. The summed E-state index contributed by atoms with van der Waals surface area (Å²) in [6.07, 6.45) is -0.365. The number of rotatable bonds is 9. The second kappa shape index (κ2) is 11.8. The Balaban J connectivity index is 1.94. The number of hydrogen-bond donors (Lipinski definition) is 2. The highest BCUT2D eigenvalue weighted by Crippen LogP contribution is 2.37. The molecule has 0 spiro atoms. The summed E-state index contributed by atoms with van der Waals surface area (Å²) in [4.78, 5) is 16.0. The van der Waals surface area contributed by atoms with Crippen molar-refractivity contribution < 1.29 is 31.9 Å². The molecule has 0 aliphatic carbocycles. The van der Waals surface area contributed by atoms with Crippen LogP contribution >= 0.6 is 0 Å². The highest BCUT2D eigenvalue weighted by atomic mass is 19.4. The lowest BCUT2D eigenvalue weighted by Gasteiger charge is -2.17. The zero-order chi connectivity index (χ0) is 28.1. The largest absolute Gasteiger partial charge is 0.416 e. The van der Waals surface area contributed by atoms with E-state index in [4.69, 9.17) is 5.11 Å². The third-order valence-electron chi connectivity index (χ3n) is 5.74. The van der Waals surface area contributed by atoms with Crippen LogP contribution < -0.4 is 5.32 Å². The van der Waals surface area contributed by atoms with E-state index in [1.807, 2.05) is 13.0 Å². The number of nitrogens with zero attached hydrogens (tertiary/aromatic N) is 3. The number of hydrogen-bond acceptors (Lipinski definition) is 4. The van der Waals surface area contributed by atoms with E-state index in [-0.39, 0.29) is 24.6 Å². The topological polar surface area (TPSA) is 79.5 Å². The first-order chi connectivity index (χ1) is 17.8. The molecule has 0 unspecified atom stereocenters. The van der Waals surface area contributed by atoms with Gasteiger partial charge in [0, 0.05) is 44.1 Å². The summed E-state index contributed by atoms with van der Waals surface area (Å²) in [6.45, 7) is 3.89. The van der Waals surface area contributed by atoms with Crippen molar-refractivity contribution in [1.29, 1.82) is 0 Å². The van der Waals surface area contributed by atoms with E-state index in [1.165, 1.54) is 11.6 Å². The van der Waals surface area contributed by atoms with Gasteiger partial charge in [-0.3, -0.25) is 14.5 Å². The first kappa shape index (κ1) is 29.0. The predicted molar refractivity (Wildman–Crippen MR) is 136 cm³/mol. The van der Waals surface area contributed by atoms with Gasteiger partial charge in [-0.05, 0) is 53.8 Å². The number of aliphatic hydroxyl groups is 1.